The molecule has 9 nitrogen and oxygen atoms in total. The van der Waals surface area contributed by atoms with Gasteiger partial charge in [-0.05, 0) is 30.3 Å². The van der Waals surface area contributed by atoms with Crippen LogP contribution in [0.2, 0.25) is 0 Å². The van der Waals surface area contributed by atoms with Crippen molar-refractivity contribution in [3.8, 4) is 11.3 Å². The first-order chi connectivity index (χ1) is 12.5. The van der Waals surface area contributed by atoms with Gasteiger partial charge in [0.1, 0.15) is 6.54 Å². The van der Waals surface area contributed by atoms with Gasteiger partial charge in [-0.15, -0.1) is 0 Å². The number of rotatable bonds is 5. The maximum atomic E-state index is 12.1. The Balaban J connectivity index is 1.74. The second kappa shape index (κ2) is 7.34. The molecule has 1 aromatic carbocycles. The van der Waals surface area contributed by atoms with E-state index in [1.807, 2.05) is 0 Å². The molecule has 0 aliphatic rings. The van der Waals surface area contributed by atoms with E-state index in [2.05, 4.69) is 15.4 Å². The van der Waals surface area contributed by atoms with E-state index >= 15 is 0 Å². The van der Waals surface area contributed by atoms with Crippen molar-refractivity contribution >= 4 is 17.3 Å². The van der Waals surface area contributed by atoms with E-state index < -0.39 is 16.4 Å². The zero-order valence-corrected chi connectivity index (χ0v) is 13.4. The summed E-state index contributed by atoms with van der Waals surface area (Å²) in [5, 5.41) is 17.4. The highest BCUT2D eigenvalue weighted by Crippen LogP contribution is 2.15. The zero-order valence-electron chi connectivity index (χ0n) is 13.4. The fourth-order valence-electron chi connectivity index (χ4n) is 2.24. The highest BCUT2D eigenvalue weighted by atomic mass is 16.6. The van der Waals surface area contributed by atoms with Gasteiger partial charge >= 0.3 is 0 Å². The molecule has 3 aromatic rings. The number of non-ortho nitro benzene ring substituents is 1. The van der Waals surface area contributed by atoms with Crippen LogP contribution in [0.1, 0.15) is 0 Å². The lowest BCUT2D eigenvalue weighted by Crippen LogP contribution is -2.29. The quantitative estimate of drug-likeness (QED) is 0.553. The van der Waals surface area contributed by atoms with Crippen molar-refractivity contribution in [2.24, 2.45) is 0 Å². The van der Waals surface area contributed by atoms with E-state index in [4.69, 9.17) is 0 Å². The Hall–Kier alpha value is -3.88. The van der Waals surface area contributed by atoms with Gasteiger partial charge in [-0.25, -0.2) is 4.68 Å². The summed E-state index contributed by atoms with van der Waals surface area (Å²) in [6, 6.07) is 11.8. The smallest absolute Gasteiger partial charge is 0.269 e. The Labute approximate surface area is 147 Å². The van der Waals surface area contributed by atoms with Gasteiger partial charge in [0.15, 0.2) is 0 Å². The topological polar surface area (TPSA) is 120 Å². The summed E-state index contributed by atoms with van der Waals surface area (Å²) in [5.74, 6) is -0.472. The van der Waals surface area contributed by atoms with E-state index in [-0.39, 0.29) is 12.2 Å². The van der Waals surface area contributed by atoms with Crippen molar-refractivity contribution in [1.29, 1.82) is 0 Å². The molecule has 0 unspecified atom stereocenters. The van der Waals surface area contributed by atoms with E-state index in [0.717, 1.165) is 10.2 Å². The molecule has 0 aliphatic heterocycles. The zero-order chi connectivity index (χ0) is 18.5. The Kier molecular flexibility index (Phi) is 4.79. The summed E-state index contributed by atoms with van der Waals surface area (Å²) in [7, 11) is 0. The largest absolute Gasteiger partial charge is 0.324 e. The number of anilines is 1. The number of hydrogen-bond acceptors (Lipinski definition) is 6. The second-order valence-corrected chi connectivity index (χ2v) is 5.30. The van der Waals surface area contributed by atoms with Crippen molar-refractivity contribution in [2.75, 3.05) is 5.32 Å². The summed E-state index contributed by atoms with van der Waals surface area (Å²) in [5.41, 5.74) is 1.20. The summed E-state index contributed by atoms with van der Waals surface area (Å²) >= 11 is 0. The van der Waals surface area contributed by atoms with Crippen LogP contribution in [0.25, 0.3) is 11.3 Å². The molecule has 0 spiro atoms. The van der Waals surface area contributed by atoms with Gasteiger partial charge in [-0.2, -0.15) is 5.10 Å². The molecule has 0 bridgehead atoms. The maximum Gasteiger partial charge on any atom is 0.269 e. The van der Waals surface area contributed by atoms with Crippen LogP contribution in [0.3, 0.4) is 0 Å². The minimum atomic E-state index is -0.528. The molecule has 0 radical (unpaired) electrons. The second-order valence-electron chi connectivity index (χ2n) is 5.30. The molecular formula is C17H13N5O4. The molecule has 26 heavy (non-hydrogen) atoms. The third kappa shape index (κ3) is 3.96. The first kappa shape index (κ1) is 17.0. The van der Waals surface area contributed by atoms with Crippen molar-refractivity contribution in [3.05, 3.63) is 81.4 Å². The molecule has 2 aromatic heterocycles. The number of nitrogens with zero attached hydrogens (tertiary/aromatic N) is 4. The third-order valence-electron chi connectivity index (χ3n) is 3.50. The van der Waals surface area contributed by atoms with Gasteiger partial charge in [-0.3, -0.25) is 24.7 Å². The van der Waals surface area contributed by atoms with E-state index in [1.165, 1.54) is 30.3 Å². The van der Waals surface area contributed by atoms with Gasteiger partial charge in [0.25, 0.3) is 11.2 Å². The van der Waals surface area contributed by atoms with Crippen molar-refractivity contribution in [1.82, 2.24) is 14.8 Å². The van der Waals surface area contributed by atoms with E-state index in [1.54, 1.807) is 30.6 Å². The van der Waals surface area contributed by atoms with Crippen molar-refractivity contribution < 1.29 is 9.72 Å². The predicted octanol–water partition coefficient (Wildman–Crippen LogP) is 1.85. The molecule has 1 N–H and O–H groups in total. The van der Waals surface area contributed by atoms with Crippen LogP contribution in [-0.4, -0.2) is 25.6 Å². The number of benzene rings is 1. The summed E-state index contributed by atoms with van der Waals surface area (Å²) in [6.07, 6.45) is 3.21. The number of amides is 1. The first-order valence-corrected chi connectivity index (χ1v) is 7.56. The minimum absolute atomic E-state index is 0.0778. The van der Waals surface area contributed by atoms with Crippen LogP contribution in [0.4, 0.5) is 11.4 Å². The molecule has 1 amide bonds. The van der Waals surface area contributed by atoms with Crippen LogP contribution in [-0.2, 0) is 11.3 Å². The lowest BCUT2D eigenvalue weighted by atomic mass is 10.2. The number of carbonyl (C=O) groups excluding carboxylic acids is 1. The molecule has 0 saturated heterocycles. The molecule has 130 valence electrons. The molecule has 0 atom stereocenters. The third-order valence-corrected chi connectivity index (χ3v) is 3.50. The molecule has 0 aliphatic carbocycles. The summed E-state index contributed by atoms with van der Waals surface area (Å²) in [4.78, 5) is 38.1. The number of carbonyl (C=O) groups is 1. The van der Waals surface area contributed by atoms with Gasteiger partial charge < -0.3 is 5.32 Å². The van der Waals surface area contributed by atoms with Gasteiger partial charge in [0.05, 0.1) is 10.6 Å². The number of nitrogens with one attached hydrogen (secondary N) is 1. The predicted molar refractivity (Wildman–Crippen MR) is 93.5 cm³/mol. The molecule has 2 heterocycles. The van der Waals surface area contributed by atoms with E-state index in [0.29, 0.717) is 11.4 Å². The van der Waals surface area contributed by atoms with Crippen LogP contribution < -0.4 is 10.9 Å². The highest BCUT2D eigenvalue weighted by molar-refractivity contribution is 5.90. The lowest BCUT2D eigenvalue weighted by Gasteiger charge is -2.08. The van der Waals surface area contributed by atoms with Crippen molar-refractivity contribution in [2.45, 2.75) is 6.54 Å². The molecule has 0 saturated carbocycles. The number of aromatic nitrogens is 3. The minimum Gasteiger partial charge on any atom is -0.324 e. The Morgan fingerprint density at radius 3 is 2.42 bits per heavy atom. The monoisotopic (exact) mass is 351 g/mol. The van der Waals surface area contributed by atoms with Crippen molar-refractivity contribution in [3.63, 3.8) is 0 Å². The number of pyridine rings is 1. The normalized spacial score (nSPS) is 10.3. The average molecular weight is 351 g/mol. The molecular weight excluding hydrogens is 338 g/mol. The van der Waals surface area contributed by atoms with E-state index in [9.17, 15) is 19.7 Å². The fraction of sp³-hybridized carbons (Fsp3) is 0.0588. The van der Waals surface area contributed by atoms with Gasteiger partial charge in [0.2, 0.25) is 5.91 Å². The standard InChI is InChI=1S/C17H13N5O4/c23-16(19-13-1-3-14(4-2-13)22(25)26)11-21-17(24)6-5-15(20-21)12-7-9-18-10-8-12/h1-10H,11H2,(H,19,23). The Morgan fingerprint density at radius 1 is 1.08 bits per heavy atom. The molecule has 3 rings (SSSR count). The maximum absolute atomic E-state index is 12.1. The van der Waals surface area contributed by atoms with Crippen LogP contribution in [0.5, 0.6) is 0 Å². The first-order valence-electron chi connectivity index (χ1n) is 7.56. The number of hydrogen-bond donors (Lipinski definition) is 1. The Morgan fingerprint density at radius 2 is 1.77 bits per heavy atom. The van der Waals surface area contributed by atoms with Crippen LogP contribution >= 0.6 is 0 Å². The van der Waals surface area contributed by atoms with Gasteiger partial charge in [-0.1, -0.05) is 0 Å². The van der Waals surface area contributed by atoms with Crippen LogP contribution in [0, 0.1) is 10.1 Å². The lowest BCUT2D eigenvalue weighted by molar-refractivity contribution is -0.384. The highest BCUT2D eigenvalue weighted by Gasteiger charge is 2.10. The molecule has 0 fully saturated rings. The van der Waals surface area contributed by atoms with Gasteiger partial charge in [0, 0.05) is 41.8 Å². The number of nitro groups is 1. The summed E-state index contributed by atoms with van der Waals surface area (Å²) < 4.78 is 1.05. The number of nitro benzene ring substituents is 1. The average Bonchev–Trinajstić information content (AvgIpc) is 2.64. The Bertz CT molecular complexity index is 1000. The molecule has 9 heteroatoms. The summed E-state index contributed by atoms with van der Waals surface area (Å²) in [6.45, 7) is -0.283. The SMILES string of the molecule is O=C(Cn1nc(-c2ccncc2)ccc1=O)Nc1ccc([N+](=O)[O-])cc1. The fourth-order valence-corrected chi connectivity index (χ4v) is 2.24. The van der Waals surface area contributed by atoms with Crippen LogP contribution in [0.15, 0.2) is 65.7 Å².